The summed E-state index contributed by atoms with van der Waals surface area (Å²) < 4.78 is 5.27. The Bertz CT molecular complexity index is 1360. The molecule has 1 N–H and O–H groups in total. The summed E-state index contributed by atoms with van der Waals surface area (Å²) in [4.78, 5) is 26.5. The topological polar surface area (TPSA) is 58.6 Å². The number of rotatable bonds is 8. The molecule has 37 heavy (non-hydrogen) atoms. The van der Waals surface area contributed by atoms with Crippen LogP contribution in [0.5, 0.6) is 5.75 Å². The van der Waals surface area contributed by atoms with E-state index in [0.717, 1.165) is 40.9 Å². The molecule has 0 aromatic heterocycles. The van der Waals surface area contributed by atoms with Gasteiger partial charge < -0.3 is 10.1 Å². The first kappa shape index (κ1) is 25.5. The van der Waals surface area contributed by atoms with Crippen LogP contribution in [0.25, 0.3) is 17.2 Å². The Morgan fingerprint density at radius 2 is 1.57 bits per heavy atom. The van der Waals surface area contributed by atoms with E-state index in [0.29, 0.717) is 5.75 Å². The quantitative estimate of drug-likeness (QED) is 0.157. The lowest BCUT2D eigenvalue weighted by atomic mass is 10.0. The molecule has 0 aliphatic rings. The molecular formula is C32H30N2O3. The number of nitrogens with one attached hydrogen (secondary N) is 1. The van der Waals surface area contributed by atoms with Gasteiger partial charge in [-0.15, -0.1) is 0 Å². The molecule has 0 fully saturated rings. The van der Waals surface area contributed by atoms with Gasteiger partial charge in [0.25, 0.3) is 0 Å². The van der Waals surface area contributed by atoms with E-state index >= 15 is 0 Å². The largest absolute Gasteiger partial charge is 0.423 e. The molecule has 4 rings (SSSR count). The molecule has 0 spiro atoms. The van der Waals surface area contributed by atoms with Gasteiger partial charge in [-0.25, -0.2) is 9.59 Å². The van der Waals surface area contributed by atoms with Crippen molar-refractivity contribution >= 4 is 29.5 Å². The minimum absolute atomic E-state index is 0.205. The van der Waals surface area contributed by atoms with E-state index in [1.165, 1.54) is 11.6 Å². The van der Waals surface area contributed by atoms with Crippen LogP contribution >= 0.6 is 0 Å². The number of esters is 1. The Hall–Kier alpha value is -4.64. The smallest absolute Gasteiger partial charge is 0.336 e. The molecule has 0 atom stereocenters. The molecule has 0 unspecified atom stereocenters. The van der Waals surface area contributed by atoms with Crippen LogP contribution in [0.15, 0.2) is 109 Å². The average molecular weight is 491 g/mol. The van der Waals surface area contributed by atoms with Gasteiger partial charge >= 0.3 is 12.0 Å². The predicted octanol–water partition coefficient (Wildman–Crippen LogP) is 7.59. The van der Waals surface area contributed by atoms with E-state index in [1.807, 2.05) is 91.0 Å². The molecule has 0 saturated carbocycles. The lowest BCUT2D eigenvalue weighted by molar-refractivity contribution is -0.128. The average Bonchev–Trinajstić information content (AvgIpc) is 2.93. The van der Waals surface area contributed by atoms with Gasteiger partial charge in [0.1, 0.15) is 5.75 Å². The molecule has 0 aliphatic heterocycles. The highest BCUT2D eigenvalue weighted by Gasteiger charge is 2.12. The number of amides is 2. The molecule has 5 heteroatoms. The maximum Gasteiger partial charge on any atom is 0.336 e. The number of carbonyl (C=O) groups is 2. The highest BCUT2D eigenvalue weighted by molar-refractivity contribution is 6.01. The van der Waals surface area contributed by atoms with Crippen molar-refractivity contribution in [2.75, 3.05) is 17.3 Å². The zero-order chi connectivity index (χ0) is 26.0. The summed E-state index contributed by atoms with van der Waals surface area (Å²) in [5, 5.41) is 2.96. The van der Waals surface area contributed by atoms with Crippen molar-refractivity contribution in [3.8, 4) is 16.9 Å². The van der Waals surface area contributed by atoms with E-state index < -0.39 is 5.97 Å². The van der Waals surface area contributed by atoms with E-state index in [-0.39, 0.29) is 6.03 Å². The summed E-state index contributed by atoms with van der Waals surface area (Å²) >= 11 is 0. The third kappa shape index (κ3) is 7.18. The lowest BCUT2D eigenvalue weighted by Gasteiger charge is -2.19. The van der Waals surface area contributed by atoms with E-state index in [2.05, 4.69) is 12.2 Å². The molecule has 0 aliphatic carbocycles. The van der Waals surface area contributed by atoms with Crippen LogP contribution < -0.4 is 15.0 Å². The fraction of sp³-hybridized carbons (Fsp3) is 0.125. The summed E-state index contributed by atoms with van der Waals surface area (Å²) in [7, 11) is 1.75. The summed E-state index contributed by atoms with van der Waals surface area (Å²) in [5.41, 5.74) is 5.68. The number of para-hydroxylation sites is 1. The van der Waals surface area contributed by atoms with E-state index in [1.54, 1.807) is 30.2 Å². The molecule has 5 nitrogen and oxygen atoms in total. The summed E-state index contributed by atoms with van der Waals surface area (Å²) in [6.45, 7) is 2.15. The second-order valence-corrected chi connectivity index (χ2v) is 8.68. The van der Waals surface area contributed by atoms with Gasteiger partial charge in [0.05, 0.1) is 0 Å². The second-order valence-electron chi connectivity index (χ2n) is 8.68. The van der Waals surface area contributed by atoms with Gasteiger partial charge in [0.2, 0.25) is 0 Å². The van der Waals surface area contributed by atoms with Gasteiger partial charge in [-0.3, -0.25) is 4.90 Å². The summed E-state index contributed by atoms with van der Waals surface area (Å²) in [5.74, 6) is 0.0807. The van der Waals surface area contributed by atoms with Crippen LogP contribution in [0.4, 0.5) is 16.2 Å². The number of benzene rings is 4. The highest BCUT2D eigenvalue weighted by Crippen LogP contribution is 2.25. The van der Waals surface area contributed by atoms with Crippen LogP contribution in [0.2, 0.25) is 0 Å². The number of ether oxygens (including phenoxy) is 1. The minimum atomic E-state index is -0.429. The summed E-state index contributed by atoms with van der Waals surface area (Å²) in [6, 6.07) is 32.4. The van der Waals surface area contributed by atoms with Gasteiger partial charge in [0, 0.05) is 24.5 Å². The van der Waals surface area contributed by atoms with Gasteiger partial charge in [-0.05, 0) is 71.1 Å². The van der Waals surface area contributed by atoms with Crippen molar-refractivity contribution in [3.63, 3.8) is 0 Å². The van der Waals surface area contributed by atoms with Gasteiger partial charge in [-0.2, -0.15) is 0 Å². The number of carbonyl (C=O) groups excluding carboxylic acids is 2. The van der Waals surface area contributed by atoms with Gasteiger partial charge in [0.15, 0.2) is 0 Å². The first-order valence-electron chi connectivity index (χ1n) is 12.3. The molecule has 4 aromatic carbocycles. The van der Waals surface area contributed by atoms with Gasteiger partial charge in [-0.1, -0.05) is 80.1 Å². The molecular weight excluding hydrogens is 460 g/mol. The Morgan fingerprint density at radius 3 is 2.27 bits per heavy atom. The molecule has 0 radical (unpaired) electrons. The zero-order valence-electron chi connectivity index (χ0n) is 21.1. The molecule has 2 amide bonds. The van der Waals surface area contributed by atoms with Crippen molar-refractivity contribution < 1.29 is 14.3 Å². The Kier molecular flexibility index (Phi) is 8.50. The van der Waals surface area contributed by atoms with Crippen molar-refractivity contribution in [1.29, 1.82) is 0 Å². The number of hydrogen-bond donors (Lipinski definition) is 1. The standard InChI is InChI=1S/C32H30N2O3/c1-3-8-24-15-20-28(21-16-24)33-32(36)34(2)29-10-7-9-27(23-29)26-18-13-25(14-19-26)17-22-31(35)37-30-11-5-4-6-12-30/h4-7,9-23H,3,8H2,1-2H3,(H,33,36)/b22-17+. The third-order valence-electron chi connectivity index (χ3n) is 5.90. The van der Waals surface area contributed by atoms with Crippen LogP contribution in [0.3, 0.4) is 0 Å². The second kappa shape index (κ2) is 12.4. The highest BCUT2D eigenvalue weighted by atomic mass is 16.5. The number of hydrogen-bond acceptors (Lipinski definition) is 3. The maximum atomic E-state index is 12.8. The van der Waals surface area contributed by atoms with Crippen LogP contribution in [-0.4, -0.2) is 19.0 Å². The Labute approximate surface area is 218 Å². The molecule has 0 saturated heterocycles. The lowest BCUT2D eigenvalue weighted by Crippen LogP contribution is -2.31. The Balaban J connectivity index is 1.38. The fourth-order valence-corrected chi connectivity index (χ4v) is 3.85. The Morgan fingerprint density at radius 1 is 0.838 bits per heavy atom. The first-order chi connectivity index (χ1) is 18.0. The monoisotopic (exact) mass is 490 g/mol. The first-order valence-corrected chi connectivity index (χ1v) is 12.3. The molecule has 186 valence electrons. The van der Waals surface area contributed by atoms with Crippen molar-refractivity contribution in [2.45, 2.75) is 19.8 Å². The van der Waals surface area contributed by atoms with E-state index in [9.17, 15) is 9.59 Å². The van der Waals surface area contributed by atoms with Crippen molar-refractivity contribution in [2.24, 2.45) is 0 Å². The molecule has 0 heterocycles. The SMILES string of the molecule is CCCc1ccc(NC(=O)N(C)c2cccc(-c3ccc(/C=C/C(=O)Oc4ccccc4)cc3)c2)cc1. The van der Waals surface area contributed by atoms with Crippen LogP contribution in [-0.2, 0) is 11.2 Å². The van der Waals surface area contributed by atoms with Crippen molar-refractivity contribution in [3.05, 3.63) is 120 Å². The number of urea groups is 1. The number of aryl methyl sites for hydroxylation is 1. The maximum absolute atomic E-state index is 12.8. The van der Waals surface area contributed by atoms with E-state index in [4.69, 9.17) is 4.74 Å². The van der Waals surface area contributed by atoms with Crippen molar-refractivity contribution in [1.82, 2.24) is 0 Å². The molecule has 0 bridgehead atoms. The zero-order valence-corrected chi connectivity index (χ0v) is 21.1. The van der Waals surface area contributed by atoms with Crippen LogP contribution in [0, 0.1) is 0 Å². The predicted molar refractivity (Wildman–Crippen MR) is 151 cm³/mol. The fourth-order valence-electron chi connectivity index (χ4n) is 3.85. The van der Waals surface area contributed by atoms with Crippen LogP contribution in [0.1, 0.15) is 24.5 Å². The third-order valence-corrected chi connectivity index (χ3v) is 5.90. The number of anilines is 2. The molecule has 4 aromatic rings. The number of nitrogens with zero attached hydrogens (tertiary/aromatic N) is 1. The minimum Gasteiger partial charge on any atom is -0.423 e. The normalized spacial score (nSPS) is 10.8. The summed E-state index contributed by atoms with van der Waals surface area (Å²) in [6.07, 6.45) is 5.25.